The van der Waals surface area contributed by atoms with Crippen LogP contribution in [-0.4, -0.2) is 43.6 Å². The Morgan fingerprint density at radius 1 is 1.33 bits per heavy atom. The highest BCUT2D eigenvalue weighted by atomic mass is 127. The first-order chi connectivity index (χ1) is 9.75. The van der Waals surface area contributed by atoms with Gasteiger partial charge in [0, 0.05) is 32.2 Å². The molecule has 4 nitrogen and oxygen atoms in total. The number of rotatable bonds is 6. The minimum atomic E-state index is 0. The highest BCUT2D eigenvalue weighted by Crippen LogP contribution is 2.07. The molecule has 0 aliphatic carbocycles. The Labute approximate surface area is 145 Å². The van der Waals surface area contributed by atoms with Crippen LogP contribution in [0.15, 0.2) is 35.3 Å². The van der Waals surface area contributed by atoms with Crippen molar-refractivity contribution in [3.05, 3.63) is 35.9 Å². The van der Waals surface area contributed by atoms with Crippen LogP contribution in [0.25, 0.3) is 0 Å². The molecule has 0 fully saturated rings. The molecule has 0 saturated carbocycles. The molecule has 5 heteroatoms. The quantitative estimate of drug-likeness (QED) is 0.719. The van der Waals surface area contributed by atoms with Crippen molar-refractivity contribution in [2.45, 2.75) is 32.4 Å². The maximum absolute atomic E-state index is 4.42. The second kappa shape index (κ2) is 10.00. The summed E-state index contributed by atoms with van der Waals surface area (Å²) in [5.74, 6) is 0.967. The highest BCUT2D eigenvalue weighted by molar-refractivity contribution is 14.0. The Morgan fingerprint density at radius 3 is 2.76 bits per heavy atom. The van der Waals surface area contributed by atoms with Gasteiger partial charge in [-0.1, -0.05) is 30.3 Å². The molecule has 1 aromatic carbocycles. The standard InChI is InChI=1S/C16H26N4.HI/c1-14(9-12-19-16-17-10-6-11-18-16)20(2)13-15-7-4-3-5-8-15;/h3-5,7-8,14H,6,9-13H2,1-2H3,(H2,17,18,19);1H. The van der Waals surface area contributed by atoms with E-state index in [-0.39, 0.29) is 24.0 Å². The van der Waals surface area contributed by atoms with Gasteiger partial charge in [0.15, 0.2) is 5.96 Å². The minimum Gasteiger partial charge on any atom is -0.356 e. The lowest BCUT2D eigenvalue weighted by Gasteiger charge is -2.25. The molecule has 118 valence electrons. The number of hydrogen-bond acceptors (Lipinski definition) is 4. The number of benzene rings is 1. The molecule has 2 N–H and O–H groups in total. The number of aliphatic imine (C=N–C) groups is 1. The van der Waals surface area contributed by atoms with Crippen molar-refractivity contribution in [1.82, 2.24) is 15.5 Å². The first-order valence-electron chi connectivity index (χ1n) is 7.52. The highest BCUT2D eigenvalue weighted by Gasteiger charge is 2.10. The molecule has 0 radical (unpaired) electrons. The third-order valence-electron chi connectivity index (χ3n) is 3.78. The van der Waals surface area contributed by atoms with Crippen LogP contribution in [0.4, 0.5) is 0 Å². The van der Waals surface area contributed by atoms with Crippen molar-refractivity contribution in [3.8, 4) is 0 Å². The van der Waals surface area contributed by atoms with Crippen molar-refractivity contribution in [2.75, 3.05) is 26.7 Å². The summed E-state index contributed by atoms with van der Waals surface area (Å²) < 4.78 is 0. The normalized spacial score (nSPS) is 15.7. The molecule has 0 bridgehead atoms. The Morgan fingerprint density at radius 2 is 2.10 bits per heavy atom. The van der Waals surface area contributed by atoms with Gasteiger partial charge in [-0.2, -0.15) is 0 Å². The van der Waals surface area contributed by atoms with Gasteiger partial charge in [-0.05, 0) is 32.4 Å². The maximum Gasteiger partial charge on any atom is 0.191 e. The number of nitrogens with one attached hydrogen (secondary N) is 2. The van der Waals surface area contributed by atoms with Crippen molar-refractivity contribution < 1.29 is 0 Å². The molecule has 21 heavy (non-hydrogen) atoms. The van der Waals surface area contributed by atoms with Gasteiger partial charge in [-0.25, -0.2) is 0 Å². The van der Waals surface area contributed by atoms with Gasteiger partial charge in [0.2, 0.25) is 0 Å². The van der Waals surface area contributed by atoms with E-state index in [2.05, 4.69) is 64.8 Å². The zero-order valence-corrected chi connectivity index (χ0v) is 15.3. The molecule has 2 rings (SSSR count). The molecule has 1 aliphatic rings. The van der Waals surface area contributed by atoms with E-state index in [9.17, 15) is 0 Å². The van der Waals surface area contributed by atoms with E-state index in [1.807, 2.05) is 0 Å². The maximum atomic E-state index is 4.42. The zero-order valence-electron chi connectivity index (χ0n) is 13.0. The van der Waals surface area contributed by atoms with Crippen LogP contribution in [0.2, 0.25) is 0 Å². The second-order valence-electron chi connectivity index (χ2n) is 5.48. The molecule has 0 spiro atoms. The lowest BCUT2D eigenvalue weighted by molar-refractivity contribution is 0.238. The largest absolute Gasteiger partial charge is 0.356 e. The molecular weight excluding hydrogens is 375 g/mol. The molecule has 1 heterocycles. The molecule has 1 unspecified atom stereocenters. The lowest BCUT2D eigenvalue weighted by Crippen LogP contribution is -2.42. The summed E-state index contributed by atoms with van der Waals surface area (Å²) in [6, 6.07) is 11.2. The van der Waals surface area contributed by atoms with Gasteiger partial charge < -0.3 is 10.6 Å². The third-order valence-corrected chi connectivity index (χ3v) is 3.78. The van der Waals surface area contributed by atoms with Gasteiger partial charge in [-0.3, -0.25) is 9.89 Å². The van der Waals surface area contributed by atoms with Crippen LogP contribution in [0, 0.1) is 0 Å². The number of guanidine groups is 1. The Hall–Kier alpha value is -0.820. The molecule has 1 aliphatic heterocycles. The second-order valence-corrected chi connectivity index (χ2v) is 5.48. The fraction of sp³-hybridized carbons (Fsp3) is 0.562. The smallest absolute Gasteiger partial charge is 0.191 e. The number of hydrogen-bond donors (Lipinski definition) is 2. The van der Waals surface area contributed by atoms with Gasteiger partial charge in [0.25, 0.3) is 0 Å². The SMILES string of the molecule is CC(CCNC1=NCCCN1)N(C)Cc1ccccc1.I. The van der Waals surface area contributed by atoms with E-state index >= 15 is 0 Å². The van der Waals surface area contributed by atoms with Crippen LogP contribution < -0.4 is 10.6 Å². The summed E-state index contributed by atoms with van der Waals surface area (Å²) in [7, 11) is 2.19. The average molecular weight is 402 g/mol. The topological polar surface area (TPSA) is 39.7 Å². The van der Waals surface area contributed by atoms with E-state index in [4.69, 9.17) is 0 Å². The first kappa shape index (κ1) is 18.2. The van der Waals surface area contributed by atoms with E-state index < -0.39 is 0 Å². The molecule has 1 aromatic rings. The van der Waals surface area contributed by atoms with Crippen LogP contribution in [0.5, 0.6) is 0 Å². The Bertz CT molecular complexity index is 422. The fourth-order valence-electron chi connectivity index (χ4n) is 2.30. The summed E-state index contributed by atoms with van der Waals surface area (Å²) in [4.78, 5) is 6.82. The van der Waals surface area contributed by atoms with Crippen molar-refractivity contribution in [1.29, 1.82) is 0 Å². The van der Waals surface area contributed by atoms with Gasteiger partial charge in [0.05, 0.1) is 0 Å². The first-order valence-corrected chi connectivity index (χ1v) is 7.52. The van der Waals surface area contributed by atoms with Crippen LogP contribution in [0.1, 0.15) is 25.3 Å². The Kier molecular flexibility index (Phi) is 8.68. The molecule has 0 amide bonds. The van der Waals surface area contributed by atoms with Crippen LogP contribution in [0.3, 0.4) is 0 Å². The van der Waals surface area contributed by atoms with Gasteiger partial charge in [0.1, 0.15) is 0 Å². The summed E-state index contributed by atoms with van der Waals surface area (Å²) in [6.07, 6.45) is 2.26. The zero-order chi connectivity index (χ0) is 14.2. The predicted octanol–water partition coefficient (Wildman–Crippen LogP) is 2.45. The molecule has 0 saturated heterocycles. The van der Waals surface area contributed by atoms with Crippen molar-refractivity contribution in [3.63, 3.8) is 0 Å². The lowest BCUT2D eigenvalue weighted by atomic mass is 10.1. The van der Waals surface area contributed by atoms with E-state index in [1.165, 1.54) is 5.56 Å². The minimum absolute atomic E-state index is 0. The van der Waals surface area contributed by atoms with Crippen molar-refractivity contribution >= 4 is 29.9 Å². The fourth-order valence-corrected chi connectivity index (χ4v) is 2.30. The van der Waals surface area contributed by atoms with Crippen LogP contribution in [-0.2, 0) is 6.54 Å². The average Bonchev–Trinajstić information content (AvgIpc) is 2.49. The monoisotopic (exact) mass is 402 g/mol. The Balaban J connectivity index is 0.00000220. The van der Waals surface area contributed by atoms with Crippen LogP contribution >= 0.6 is 24.0 Å². The van der Waals surface area contributed by atoms with E-state index in [1.54, 1.807) is 0 Å². The third kappa shape index (κ3) is 6.65. The van der Waals surface area contributed by atoms with E-state index in [0.29, 0.717) is 6.04 Å². The molecule has 0 aromatic heterocycles. The summed E-state index contributed by atoms with van der Waals surface area (Å²) in [5, 5.41) is 6.67. The van der Waals surface area contributed by atoms with Crippen molar-refractivity contribution in [2.24, 2.45) is 4.99 Å². The summed E-state index contributed by atoms with van der Waals surface area (Å²) >= 11 is 0. The number of halogens is 1. The summed E-state index contributed by atoms with van der Waals surface area (Å²) in [6.45, 7) is 6.22. The van der Waals surface area contributed by atoms with E-state index in [0.717, 1.165) is 45.0 Å². The predicted molar refractivity (Wildman–Crippen MR) is 100 cm³/mol. The molecule has 1 atom stereocenters. The van der Waals surface area contributed by atoms with Gasteiger partial charge in [-0.15, -0.1) is 24.0 Å². The molecular formula is C16H27IN4. The van der Waals surface area contributed by atoms with Gasteiger partial charge >= 0.3 is 0 Å². The summed E-state index contributed by atoms with van der Waals surface area (Å²) in [5.41, 5.74) is 1.37. The number of nitrogens with zero attached hydrogens (tertiary/aromatic N) is 2.